The number of ether oxygens (including phenoxy) is 1. The molecule has 1 heterocycles. The maximum Gasteiger partial charge on any atom is 1.00 e. The topological polar surface area (TPSA) is 126 Å². The van der Waals surface area contributed by atoms with Gasteiger partial charge < -0.3 is 16.6 Å². The van der Waals surface area contributed by atoms with Crippen LogP contribution in [0.15, 0.2) is 65.7 Å². The minimum absolute atomic E-state index is 0. The van der Waals surface area contributed by atoms with Crippen molar-refractivity contribution < 1.29 is 58.8 Å². The molecule has 35 heavy (non-hydrogen) atoms. The summed E-state index contributed by atoms with van der Waals surface area (Å²) in [6.45, 7) is 0.0170. The van der Waals surface area contributed by atoms with Crippen LogP contribution in [0.2, 0.25) is 5.02 Å². The molecule has 0 saturated heterocycles. The van der Waals surface area contributed by atoms with Gasteiger partial charge in [-0.25, -0.2) is 12.7 Å². The van der Waals surface area contributed by atoms with E-state index in [0.717, 1.165) is 5.56 Å². The van der Waals surface area contributed by atoms with Gasteiger partial charge in [-0.05, 0) is 54.4 Å². The van der Waals surface area contributed by atoms with E-state index in [1.54, 1.807) is 30.3 Å². The molecule has 3 aromatic rings. The molecule has 1 aromatic heterocycles. The zero-order chi connectivity index (χ0) is 24.7. The molecule has 0 bridgehead atoms. The van der Waals surface area contributed by atoms with Crippen LogP contribution in [0.1, 0.15) is 23.0 Å². The van der Waals surface area contributed by atoms with Crippen molar-refractivity contribution in [3.8, 4) is 5.75 Å². The van der Waals surface area contributed by atoms with Crippen LogP contribution in [0.5, 0.6) is 5.75 Å². The number of aliphatic hydroxyl groups is 1. The third-order valence-electron chi connectivity index (χ3n) is 4.91. The van der Waals surface area contributed by atoms with E-state index in [0.29, 0.717) is 39.3 Å². The minimum Gasteiger partial charge on any atom is -1.00 e. The van der Waals surface area contributed by atoms with Crippen molar-refractivity contribution in [3.05, 3.63) is 82.6 Å². The van der Waals surface area contributed by atoms with Gasteiger partial charge in [0.05, 0.1) is 41.2 Å². The van der Waals surface area contributed by atoms with E-state index in [9.17, 15) is 18.0 Å². The van der Waals surface area contributed by atoms with E-state index in [1.165, 1.54) is 37.6 Å². The smallest absolute Gasteiger partial charge is 1.00 e. The summed E-state index contributed by atoms with van der Waals surface area (Å²) in [4.78, 5) is 27.7. The Labute approximate surface area is 231 Å². The molecule has 0 saturated carbocycles. The summed E-state index contributed by atoms with van der Waals surface area (Å²) in [6.07, 6.45) is 1.85. The number of benzene rings is 2. The number of sulfonamides is 1. The fourth-order valence-electron chi connectivity index (χ4n) is 3.06. The summed E-state index contributed by atoms with van der Waals surface area (Å²) in [6, 6.07) is 13.5. The van der Waals surface area contributed by atoms with E-state index in [4.69, 9.17) is 21.4 Å². The van der Waals surface area contributed by atoms with Crippen LogP contribution < -0.4 is 43.9 Å². The average molecular weight is 528 g/mol. The van der Waals surface area contributed by atoms with Crippen molar-refractivity contribution in [2.75, 3.05) is 18.0 Å². The molecule has 9 nitrogen and oxygen atoms in total. The van der Waals surface area contributed by atoms with E-state index in [2.05, 4.69) is 10.3 Å². The summed E-state index contributed by atoms with van der Waals surface area (Å²) in [5.74, 6) is 0.104. The first-order valence-corrected chi connectivity index (χ1v) is 11.9. The molecule has 0 aliphatic carbocycles. The predicted molar refractivity (Wildman–Crippen MR) is 127 cm³/mol. The first-order chi connectivity index (χ1) is 16.3. The number of rotatable bonds is 10. The Balaban J connectivity index is 0.00000324. The number of nitrogens with zero attached hydrogens (tertiary/aromatic N) is 2. The van der Waals surface area contributed by atoms with Crippen molar-refractivity contribution in [3.63, 3.8) is 0 Å². The molecule has 0 aliphatic rings. The van der Waals surface area contributed by atoms with E-state index >= 15 is 0 Å². The van der Waals surface area contributed by atoms with Crippen molar-refractivity contribution in [2.45, 2.75) is 17.9 Å². The molecule has 12 heteroatoms. The van der Waals surface area contributed by atoms with Crippen molar-refractivity contribution >= 4 is 39.6 Å². The van der Waals surface area contributed by atoms with Gasteiger partial charge >= 0.3 is 29.6 Å². The Bertz CT molecular complexity index is 1280. The number of hydrogen-bond acceptors (Lipinski definition) is 7. The largest absolute Gasteiger partial charge is 1.00 e. The first-order valence-electron chi connectivity index (χ1n) is 10.1. The second-order valence-electron chi connectivity index (χ2n) is 7.07. The quantitative estimate of drug-likeness (QED) is 0.273. The summed E-state index contributed by atoms with van der Waals surface area (Å²) >= 11 is 5.97. The zero-order valence-electron chi connectivity index (χ0n) is 20.1. The van der Waals surface area contributed by atoms with Crippen molar-refractivity contribution in [1.82, 2.24) is 10.3 Å². The number of hydrogen-bond donors (Lipinski definition) is 2. The number of aromatic nitrogens is 1. The molecule has 2 N–H and O–H groups in total. The average Bonchev–Trinajstić information content (AvgIpc) is 2.85. The van der Waals surface area contributed by atoms with Gasteiger partial charge in [0.15, 0.2) is 0 Å². The number of nitrogens with one attached hydrogen (secondary N) is 1. The Morgan fingerprint density at radius 2 is 1.91 bits per heavy atom. The number of aliphatic hydroxyl groups excluding tert-OH is 1. The fourth-order valence-corrected chi connectivity index (χ4v) is 4.46. The van der Waals surface area contributed by atoms with Gasteiger partial charge in [0.2, 0.25) is 6.41 Å². The number of amides is 2. The van der Waals surface area contributed by atoms with Gasteiger partial charge in [-0.15, -0.1) is 0 Å². The van der Waals surface area contributed by atoms with Crippen LogP contribution in [0.25, 0.3) is 0 Å². The second kappa shape index (κ2) is 13.0. The minimum atomic E-state index is -4.15. The van der Waals surface area contributed by atoms with Crippen LogP contribution in [-0.2, 0) is 27.8 Å². The number of carbonyl (C=O) groups is 2. The predicted octanol–water partition coefficient (Wildman–Crippen LogP) is -0.323. The van der Waals surface area contributed by atoms with Gasteiger partial charge in [0, 0.05) is 12.1 Å². The third-order valence-corrected chi connectivity index (χ3v) is 6.91. The molecule has 0 unspecified atom stereocenters. The van der Waals surface area contributed by atoms with Crippen LogP contribution in [0.3, 0.4) is 0 Å². The monoisotopic (exact) mass is 527 g/mol. The summed E-state index contributed by atoms with van der Waals surface area (Å²) < 4.78 is 31.5. The number of anilines is 1. The molecule has 0 radical (unpaired) electrons. The van der Waals surface area contributed by atoms with Gasteiger partial charge in [-0.2, -0.15) is 0 Å². The van der Waals surface area contributed by atoms with Crippen LogP contribution in [-0.4, -0.2) is 44.5 Å². The number of pyridine rings is 1. The van der Waals surface area contributed by atoms with Crippen molar-refractivity contribution in [2.24, 2.45) is 0 Å². The number of methoxy groups -OCH3 is 1. The molecule has 0 spiro atoms. The molecule has 2 aromatic carbocycles. The van der Waals surface area contributed by atoms with Gasteiger partial charge in [-0.3, -0.25) is 14.6 Å². The van der Waals surface area contributed by atoms with Gasteiger partial charge in [0.1, 0.15) is 5.75 Å². The fraction of sp³-hybridized carbons (Fsp3) is 0.174. The number of halogens is 1. The SMILES string of the molecule is COc1cc(C(=O)NCCc2ccc(S(=O)(=O)N(C=O)c3ccc(CO)nc3)cc2)ccc1Cl.[H-].[Na+]. The van der Waals surface area contributed by atoms with Crippen LogP contribution >= 0.6 is 11.6 Å². The summed E-state index contributed by atoms with van der Waals surface area (Å²) in [5.41, 5.74) is 1.59. The Kier molecular flexibility index (Phi) is 10.7. The van der Waals surface area contributed by atoms with Crippen LogP contribution in [0, 0.1) is 0 Å². The standard InChI is InChI=1S/C23H22ClN3O6S.Na.H/c1-33-22-12-17(4-9-21(22)24)23(30)25-11-10-16-2-7-20(8-3-16)34(31,32)27(15-29)19-6-5-18(14-28)26-13-19;;/h2-9,12-13,15,28H,10-11,14H2,1H3,(H,25,30);;/q;+1;-1. The van der Waals surface area contributed by atoms with Crippen LogP contribution in [0.4, 0.5) is 5.69 Å². The molecule has 0 aliphatic heterocycles. The van der Waals surface area contributed by atoms with Gasteiger partial charge in [0.25, 0.3) is 15.9 Å². The van der Waals surface area contributed by atoms with E-state index < -0.39 is 10.0 Å². The molecular weight excluding hydrogens is 505 g/mol. The molecule has 180 valence electrons. The summed E-state index contributed by atoms with van der Waals surface area (Å²) in [7, 11) is -2.69. The third kappa shape index (κ3) is 7.03. The Hall–Kier alpha value is -2.47. The van der Waals surface area contributed by atoms with E-state index in [1.807, 2.05) is 0 Å². The second-order valence-corrected chi connectivity index (χ2v) is 9.29. The molecule has 0 fully saturated rings. The maximum atomic E-state index is 12.9. The summed E-state index contributed by atoms with van der Waals surface area (Å²) in [5, 5.41) is 12.3. The van der Waals surface area contributed by atoms with Crippen molar-refractivity contribution in [1.29, 1.82) is 0 Å². The molecule has 3 rings (SSSR count). The Morgan fingerprint density at radius 1 is 1.20 bits per heavy atom. The molecule has 2 amide bonds. The Morgan fingerprint density at radius 3 is 2.49 bits per heavy atom. The number of carbonyl (C=O) groups excluding carboxylic acids is 2. The van der Waals surface area contributed by atoms with Gasteiger partial charge in [-0.1, -0.05) is 23.7 Å². The molecule has 0 atom stereocenters. The normalized spacial score (nSPS) is 10.7. The maximum absolute atomic E-state index is 12.9. The van der Waals surface area contributed by atoms with E-state index in [-0.39, 0.29) is 60.5 Å². The molecular formula is C23H23ClN3NaO6S. The zero-order valence-corrected chi connectivity index (χ0v) is 22.7. The first kappa shape index (κ1) is 28.8.